The summed E-state index contributed by atoms with van der Waals surface area (Å²) < 4.78 is -0.0687. The van der Waals surface area contributed by atoms with Crippen molar-refractivity contribution < 1.29 is 9.90 Å². The van der Waals surface area contributed by atoms with E-state index in [2.05, 4.69) is 5.32 Å². The number of carboxylic acid groups (broad SMARTS) is 1. The molecule has 1 heterocycles. The van der Waals surface area contributed by atoms with Crippen molar-refractivity contribution >= 4 is 17.7 Å². The molecule has 1 atom stereocenters. The van der Waals surface area contributed by atoms with E-state index in [1.54, 1.807) is 11.8 Å². The number of nitrogens with two attached hydrogens (primary N) is 1. The van der Waals surface area contributed by atoms with E-state index < -0.39 is 5.97 Å². The quantitative estimate of drug-likeness (QED) is 0.597. The van der Waals surface area contributed by atoms with E-state index in [4.69, 9.17) is 10.8 Å². The standard InChI is InChI=1S/C9H18N2O2S/c1-7(10)2-3-14-9(4-8(12)13)5-11-6-9/h7,11H,2-6,10H2,1H3,(H,12,13). The number of carboxylic acids is 1. The molecule has 0 aliphatic carbocycles. The minimum Gasteiger partial charge on any atom is -0.481 e. The molecule has 14 heavy (non-hydrogen) atoms. The fraction of sp³-hybridized carbons (Fsp3) is 0.889. The molecular formula is C9H18N2O2S. The van der Waals surface area contributed by atoms with Crippen LogP contribution in [0.15, 0.2) is 0 Å². The molecular weight excluding hydrogens is 200 g/mol. The minimum absolute atomic E-state index is 0.0687. The number of thioether (sulfide) groups is 1. The summed E-state index contributed by atoms with van der Waals surface area (Å²) in [6.45, 7) is 3.59. The van der Waals surface area contributed by atoms with Crippen molar-refractivity contribution in [1.29, 1.82) is 0 Å². The van der Waals surface area contributed by atoms with Crippen molar-refractivity contribution in [3.05, 3.63) is 0 Å². The third-order valence-electron chi connectivity index (χ3n) is 2.35. The topological polar surface area (TPSA) is 75.4 Å². The third-order valence-corrected chi connectivity index (χ3v) is 3.83. The third kappa shape index (κ3) is 3.48. The molecule has 0 aromatic heterocycles. The Morgan fingerprint density at radius 3 is 2.71 bits per heavy atom. The van der Waals surface area contributed by atoms with Crippen molar-refractivity contribution in [3.63, 3.8) is 0 Å². The molecule has 0 bridgehead atoms. The molecule has 1 unspecified atom stereocenters. The fourth-order valence-corrected chi connectivity index (χ4v) is 2.98. The van der Waals surface area contributed by atoms with Crippen LogP contribution in [0, 0.1) is 0 Å². The lowest BCUT2D eigenvalue weighted by Gasteiger charge is -2.41. The maximum absolute atomic E-state index is 10.6. The molecule has 1 aliphatic heterocycles. The summed E-state index contributed by atoms with van der Waals surface area (Å²) in [7, 11) is 0. The van der Waals surface area contributed by atoms with Gasteiger partial charge in [0.25, 0.3) is 0 Å². The summed E-state index contributed by atoms with van der Waals surface area (Å²) in [4.78, 5) is 10.6. The van der Waals surface area contributed by atoms with Crippen molar-refractivity contribution in [2.24, 2.45) is 5.73 Å². The molecule has 0 amide bonds. The zero-order valence-electron chi connectivity index (χ0n) is 8.45. The number of hydrogen-bond donors (Lipinski definition) is 3. The summed E-state index contributed by atoms with van der Waals surface area (Å²) in [5, 5.41) is 11.9. The van der Waals surface area contributed by atoms with Gasteiger partial charge in [-0.15, -0.1) is 0 Å². The lowest BCUT2D eigenvalue weighted by molar-refractivity contribution is -0.138. The lowest BCUT2D eigenvalue weighted by atomic mass is 9.98. The first-order chi connectivity index (χ1) is 6.54. The summed E-state index contributed by atoms with van der Waals surface area (Å²) in [6.07, 6.45) is 1.20. The van der Waals surface area contributed by atoms with Crippen molar-refractivity contribution in [3.8, 4) is 0 Å². The number of rotatable bonds is 6. The SMILES string of the molecule is CC(N)CCSC1(CC(=O)O)CNC1. The van der Waals surface area contributed by atoms with E-state index in [9.17, 15) is 4.79 Å². The first kappa shape index (κ1) is 11.8. The molecule has 1 saturated heterocycles. The van der Waals surface area contributed by atoms with Gasteiger partial charge in [-0.05, 0) is 19.1 Å². The van der Waals surface area contributed by atoms with E-state index in [1.165, 1.54) is 0 Å². The van der Waals surface area contributed by atoms with E-state index in [1.807, 2.05) is 6.92 Å². The average Bonchev–Trinajstić information content (AvgIpc) is 1.98. The second-order valence-electron chi connectivity index (χ2n) is 3.97. The molecule has 0 aromatic rings. The minimum atomic E-state index is -0.709. The van der Waals surface area contributed by atoms with Gasteiger partial charge in [0.2, 0.25) is 0 Å². The maximum atomic E-state index is 10.6. The molecule has 1 fully saturated rings. The Hall–Kier alpha value is -0.260. The molecule has 4 N–H and O–H groups in total. The van der Waals surface area contributed by atoms with Crippen LogP contribution >= 0.6 is 11.8 Å². The van der Waals surface area contributed by atoms with Gasteiger partial charge in [0.15, 0.2) is 0 Å². The Morgan fingerprint density at radius 1 is 1.71 bits per heavy atom. The second-order valence-corrected chi connectivity index (χ2v) is 5.53. The molecule has 82 valence electrons. The normalized spacial score (nSPS) is 21.3. The molecule has 4 nitrogen and oxygen atoms in total. The van der Waals surface area contributed by atoms with Gasteiger partial charge in [0.1, 0.15) is 0 Å². The number of nitrogens with one attached hydrogen (secondary N) is 1. The second kappa shape index (κ2) is 5.00. The summed E-state index contributed by atoms with van der Waals surface area (Å²) in [5.74, 6) is 0.242. The van der Waals surface area contributed by atoms with Gasteiger partial charge >= 0.3 is 5.97 Å². The predicted octanol–water partition coefficient (Wildman–Crippen LogP) is 0.274. The molecule has 1 aliphatic rings. The number of carbonyl (C=O) groups is 1. The molecule has 0 radical (unpaired) electrons. The number of aliphatic carboxylic acids is 1. The highest BCUT2D eigenvalue weighted by Crippen LogP contribution is 2.33. The first-order valence-electron chi connectivity index (χ1n) is 4.86. The van der Waals surface area contributed by atoms with Gasteiger partial charge in [-0.25, -0.2) is 0 Å². The lowest BCUT2D eigenvalue weighted by Crippen LogP contribution is -2.58. The van der Waals surface area contributed by atoms with Gasteiger partial charge in [-0.1, -0.05) is 0 Å². The Kier molecular flexibility index (Phi) is 4.22. The van der Waals surface area contributed by atoms with Crippen molar-refractivity contribution in [2.45, 2.75) is 30.6 Å². The van der Waals surface area contributed by atoms with Gasteiger partial charge < -0.3 is 16.2 Å². The highest BCUT2D eigenvalue weighted by molar-refractivity contribution is 8.00. The van der Waals surface area contributed by atoms with Crippen molar-refractivity contribution in [2.75, 3.05) is 18.8 Å². The van der Waals surface area contributed by atoms with E-state index in [0.717, 1.165) is 25.3 Å². The van der Waals surface area contributed by atoms with Crippen LogP contribution < -0.4 is 11.1 Å². The zero-order valence-corrected chi connectivity index (χ0v) is 9.27. The van der Waals surface area contributed by atoms with Gasteiger partial charge in [-0.2, -0.15) is 11.8 Å². The van der Waals surface area contributed by atoms with Crippen LogP contribution in [0.25, 0.3) is 0 Å². The van der Waals surface area contributed by atoms with Gasteiger partial charge in [-0.3, -0.25) is 4.79 Å². The molecule has 0 aromatic carbocycles. The average molecular weight is 218 g/mol. The molecule has 1 rings (SSSR count). The highest BCUT2D eigenvalue weighted by Gasteiger charge is 2.39. The van der Waals surface area contributed by atoms with Gasteiger partial charge in [0, 0.05) is 19.1 Å². The van der Waals surface area contributed by atoms with Crippen LogP contribution in [0.1, 0.15) is 19.8 Å². The molecule has 0 saturated carbocycles. The van der Waals surface area contributed by atoms with Crippen LogP contribution in [0.3, 0.4) is 0 Å². The Labute approximate surface area is 88.6 Å². The van der Waals surface area contributed by atoms with Crippen LogP contribution in [0.4, 0.5) is 0 Å². The zero-order chi connectivity index (χ0) is 10.6. The molecule has 0 spiro atoms. The summed E-state index contributed by atoms with van der Waals surface area (Å²) in [6, 6.07) is 0.206. The maximum Gasteiger partial charge on any atom is 0.304 e. The predicted molar refractivity (Wildman–Crippen MR) is 58.6 cm³/mol. The van der Waals surface area contributed by atoms with Gasteiger partial charge in [0.05, 0.1) is 11.2 Å². The Balaban J connectivity index is 2.27. The number of hydrogen-bond acceptors (Lipinski definition) is 4. The Morgan fingerprint density at radius 2 is 2.36 bits per heavy atom. The van der Waals surface area contributed by atoms with E-state index in [0.29, 0.717) is 0 Å². The molecule has 5 heteroatoms. The highest BCUT2D eigenvalue weighted by atomic mass is 32.2. The largest absolute Gasteiger partial charge is 0.481 e. The fourth-order valence-electron chi connectivity index (χ4n) is 1.42. The monoisotopic (exact) mass is 218 g/mol. The Bertz CT molecular complexity index is 205. The van der Waals surface area contributed by atoms with Crippen LogP contribution in [-0.2, 0) is 4.79 Å². The van der Waals surface area contributed by atoms with Crippen LogP contribution in [0.5, 0.6) is 0 Å². The van der Waals surface area contributed by atoms with Crippen molar-refractivity contribution in [1.82, 2.24) is 5.32 Å². The summed E-state index contributed by atoms with van der Waals surface area (Å²) in [5.41, 5.74) is 5.64. The van der Waals surface area contributed by atoms with E-state index >= 15 is 0 Å². The summed E-state index contributed by atoms with van der Waals surface area (Å²) >= 11 is 1.74. The van der Waals surface area contributed by atoms with E-state index in [-0.39, 0.29) is 17.2 Å². The first-order valence-corrected chi connectivity index (χ1v) is 5.85. The van der Waals surface area contributed by atoms with Crippen LogP contribution in [0.2, 0.25) is 0 Å². The smallest absolute Gasteiger partial charge is 0.304 e. The van der Waals surface area contributed by atoms with Crippen LogP contribution in [-0.4, -0.2) is 40.7 Å².